The number of likely N-dealkylation sites (N-methyl/N-ethyl adjacent to an activating group) is 1. The first-order chi connectivity index (χ1) is 48.0. The second-order valence-electron chi connectivity index (χ2n) is 25.5. The summed E-state index contributed by atoms with van der Waals surface area (Å²) in [6.07, 6.45) is 121. The van der Waals surface area contributed by atoms with Gasteiger partial charge in [-0.05, 0) is 161 Å². The van der Waals surface area contributed by atoms with Crippen LogP contribution in [0.5, 0.6) is 0 Å². The maximum absolute atomic E-state index is 12.9. The molecule has 10 heteroatoms. The Morgan fingerprint density at radius 3 is 0.837 bits per heavy atom. The van der Waals surface area contributed by atoms with Crippen LogP contribution in [0.4, 0.5) is 0 Å². The summed E-state index contributed by atoms with van der Waals surface area (Å²) in [5.41, 5.74) is 0. The number of rotatable bonds is 67. The van der Waals surface area contributed by atoms with Crippen molar-refractivity contribution < 1.29 is 42.1 Å². The molecule has 0 amide bonds. The molecule has 0 heterocycles. The fourth-order valence-corrected chi connectivity index (χ4v) is 10.2. The third-order valence-electron chi connectivity index (χ3n) is 15.2. The molecule has 0 aliphatic heterocycles. The standard InChI is InChI=1S/C88H138NO8P/c1-6-8-10-12-14-16-18-20-22-24-26-28-30-32-34-36-38-40-41-42-43-44-45-46-47-49-50-52-54-56-58-60-62-64-66-68-70-72-74-76-78-80-87(90)94-84-86(85-96-98(92,93)95-83-82-89(3,4)5)97-88(91)81-79-77-75-73-71-69-67-65-63-61-59-57-55-53-51-48-39-37-35-33-31-29-27-25-23-21-19-17-15-13-11-9-7-2/h8-11,14-17,20-23,26-29,32-35,38-40,42-43,45-46,48-50,53,55,59,61,65,67,71,73,86H,6-7,12-13,18-19,24-25,30-31,36-37,41,44,47,51-52,54,56-58,60,62-64,66,68-70,72,74-85H2,1-5H3/b10-8-,11-9-,16-14-,17-15-,22-20-,23-21-,28-26-,29-27-,34-32-,35-33-,40-38-,43-42-,46-45-,48-39-,50-49-,55-53-,61-59-,67-65-,73-71-. The van der Waals surface area contributed by atoms with Gasteiger partial charge in [0.15, 0.2) is 6.10 Å². The lowest BCUT2D eigenvalue weighted by atomic mass is 10.0. The van der Waals surface area contributed by atoms with E-state index in [1.54, 1.807) is 0 Å². The van der Waals surface area contributed by atoms with Gasteiger partial charge in [-0.25, -0.2) is 0 Å². The minimum Gasteiger partial charge on any atom is -0.756 e. The zero-order valence-electron chi connectivity index (χ0n) is 62.4. The number of carbonyl (C=O) groups is 2. The highest BCUT2D eigenvalue weighted by Gasteiger charge is 2.22. The molecule has 2 unspecified atom stereocenters. The minimum atomic E-state index is -4.67. The quantitative estimate of drug-likeness (QED) is 0.0195. The van der Waals surface area contributed by atoms with Crippen molar-refractivity contribution in [3.05, 3.63) is 231 Å². The molecule has 548 valence electrons. The molecule has 0 radical (unpaired) electrons. The number of phosphoric acid groups is 1. The molecule has 98 heavy (non-hydrogen) atoms. The van der Waals surface area contributed by atoms with Gasteiger partial charge in [-0.2, -0.15) is 0 Å². The van der Waals surface area contributed by atoms with Crippen LogP contribution in [0.2, 0.25) is 0 Å². The van der Waals surface area contributed by atoms with Gasteiger partial charge in [0.25, 0.3) is 7.82 Å². The number of ether oxygens (including phenoxy) is 2. The number of carbonyl (C=O) groups excluding carboxylic acids is 2. The maximum Gasteiger partial charge on any atom is 0.306 e. The average Bonchev–Trinajstić information content (AvgIpc) is 1.08. The van der Waals surface area contributed by atoms with Gasteiger partial charge in [-0.3, -0.25) is 14.2 Å². The van der Waals surface area contributed by atoms with E-state index in [4.69, 9.17) is 18.5 Å². The number of phosphoric ester groups is 1. The summed E-state index contributed by atoms with van der Waals surface area (Å²) < 4.78 is 34.3. The Hall–Kier alpha value is -5.93. The van der Waals surface area contributed by atoms with Crippen LogP contribution in [-0.2, 0) is 32.7 Å². The van der Waals surface area contributed by atoms with E-state index in [9.17, 15) is 19.0 Å². The van der Waals surface area contributed by atoms with E-state index in [0.29, 0.717) is 23.9 Å². The molecule has 0 aliphatic carbocycles. The summed E-state index contributed by atoms with van der Waals surface area (Å²) in [6.45, 7) is 3.93. The Balaban J connectivity index is 4.16. The van der Waals surface area contributed by atoms with Crippen LogP contribution in [0.15, 0.2) is 231 Å². The highest BCUT2D eigenvalue weighted by molar-refractivity contribution is 7.45. The lowest BCUT2D eigenvalue weighted by Crippen LogP contribution is -2.37. The van der Waals surface area contributed by atoms with E-state index >= 15 is 0 Å². The molecule has 0 aromatic rings. The van der Waals surface area contributed by atoms with Crippen LogP contribution in [-0.4, -0.2) is 70.0 Å². The Bertz CT molecular complexity index is 2510. The topological polar surface area (TPSA) is 111 Å². The Kier molecular flexibility index (Phi) is 70.7. The molecule has 0 aromatic heterocycles. The Morgan fingerprint density at radius 1 is 0.316 bits per heavy atom. The first kappa shape index (κ1) is 92.1. The van der Waals surface area contributed by atoms with Crippen molar-refractivity contribution in [1.29, 1.82) is 0 Å². The van der Waals surface area contributed by atoms with Crippen molar-refractivity contribution in [1.82, 2.24) is 0 Å². The highest BCUT2D eigenvalue weighted by Crippen LogP contribution is 2.38. The molecular weight excluding hydrogens is 1230 g/mol. The zero-order chi connectivity index (χ0) is 71.1. The van der Waals surface area contributed by atoms with Crippen molar-refractivity contribution in [2.24, 2.45) is 0 Å². The Morgan fingerprint density at radius 2 is 0.551 bits per heavy atom. The van der Waals surface area contributed by atoms with E-state index in [-0.39, 0.29) is 26.1 Å². The van der Waals surface area contributed by atoms with E-state index in [0.717, 1.165) is 154 Å². The third-order valence-corrected chi connectivity index (χ3v) is 16.1. The smallest absolute Gasteiger partial charge is 0.306 e. The molecule has 0 spiro atoms. The summed E-state index contributed by atoms with van der Waals surface area (Å²) in [4.78, 5) is 38.1. The van der Waals surface area contributed by atoms with Crippen molar-refractivity contribution >= 4 is 19.8 Å². The van der Waals surface area contributed by atoms with Crippen LogP contribution in [0.25, 0.3) is 0 Å². The van der Waals surface area contributed by atoms with E-state index in [1.165, 1.54) is 64.2 Å². The van der Waals surface area contributed by atoms with Crippen molar-refractivity contribution in [3.8, 4) is 0 Å². The average molecular weight is 1370 g/mol. The van der Waals surface area contributed by atoms with Gasteiger partial charge in [-0.1, -0.05) is 315 Å². The molecule has 0 aromatic carbocycles. The summed E-state index contributed by atoms with van der Waals surface area (Å²) in [7, 11) is 1.11. The summed E-state index contributed by atoms with van der Waals surface area (Å²) in [5.74, 6) is -0.901. The van der Waals surface area contributed by atoms with Crippen molar-refractivity contribution in [2.45, 2.75) is 264 Å². The SMILES string of the molecule is CC/C=C\C/C=C\C/C=C\C/C=C\C/C=C\C/C=C\C/C=C\C/C=C\C/C=C\C/C=C\CCCCC(=O)OC(COC(=O)CCCCCCCCCCCCCCC/C=C\C/C=C\C/C=C\C/C=C\C/C=C\C/C=C\C/C=C\C/C=C\C/C=C\CC)COP(=O)([O-])OCC[N+](C)(C)C. The Labute approximate surface area is 600 Å². The first-order valence-electron chi connectivity index (χ1n) is 38.1. The molecule has 9 nitrogen and oxygen atoms in total. The summed E-state index contributed by atoms with van der Waals surface area (Å²) in [5, 5.41) is 0. The largest absolute Gasteiger partial charge is 0.756 e. The lowest BCUT2D eigenvalue weighted by Gasteiger charge is -2.28. The number of nitrogens with zero attached hydrogens (tertiary/aromatic N) is 1. The second kappa shape index (κ2) is 75.3. The molecule has 0 saturated heterocycles. The number of hydrogen-bond acceptors (Lipinski definition) is 8. The second-order valence-corrected chi connectivity index (χ2v) is 27.0. The maximum atomic E-state index is 12.9. The third kappa shape index (κ3) is 79.1. The monoisotopic (exact) mass is 1370 g/mol. The fraction of sp³-hybridized carbons (Fsp3) is 0.545. The van der Waals surface area contributed by atoms with Crippen molar-refractivity contribution in [2.75, 3.05) is 47.5 Å². The molecule has 2 atom stereocenters. The van der Waals surface area contributed by atoms with E-state index in [2.05, 4.69) is 245 Å². The highest BCUT2D eigenvalue weighted by atomic mass is 31.2. The predicted octanol–water partition coefficient (Wildman–Crippen LogP) is 25.1. The number of esters is 2. The number of hydrogen-bond donors (Lipinski definition) is 0. The van der Waals surface area contributed by atoms with Gasteiger partial charge in [0, 0.05) is 12.8 Å². The predicted molar refractivity (Wildman–Crippen MR) is 424 cm³/mol. The van der Waals surface area contributed by atoms with E-state index < -0.39 is 32.5 Å². The first-order valence-corrected chi connectivity index (χ1v) is 39.6. The molecule has 0 aliphatic rings. The molecule has 0 saturated carbocycles. The van der Waals surface area contributed by atoms with Gasteiger partial charge in [0.1, 0.15) is 19.8 Å². The molecular formula is C88H138NO8P. The molecule has 0 rings (SSSR count). The van der Waals surface area contributed by atoms with Crippen LogP contribution in [0, 0.1) is 0 Å². The van der Waals surface area contributed by atoms with E-state index in [1.807, 2.05) is 21.1 Å². The summed E-state index contributed by atoms with van der Waals surface area (Å²) >= 11 is 0. The van der Waals surface area contributed by atoms with Gasteiger partial charge < -0.3 is 27.9 Å². The lowest BCUT2D eigenvalue weighted by molar-refractivity contribution is -0.870. The zero-order valence-corrected chi connectivity index (χ0v) is 63.3. The van der Waals surface area contributed by atoms with Crippen LogP contribution >= 0.6 is 7.82 Å². The summed E-state index contributed by atoms with van der Waals surface area (Å²) in [6, 6.07) is 0. The number of unbranched alkanes of at least 4 members (excludes halogenated alkanes) is 15. The normalized spacial score (nSPS) is 14.4. The van der Waals surface area contributed by atoms with Crippen LogP contribution < -0.4 is 4.89 Å². The van der Waals surface area contributed by atoms with Crippen molar-refractivity contribution in [3.63, 3.8) is 0 Å². The van der Waals surface area contributed by atoms with Gasteiger partial charge in [0.05, 0.1) is 27.7 Å². The number of quaternary nitrogens is 1. The van der Waals surface area contributed by atoms with Gasteiger partial charge in [0.2, 0.25) is 0 Å². The van der Waals surface area contributed by atoms with Crippen LogP contribution in [0.3, 0.4) is 0 Å². The minimum absolute atomic E-state index is 0.0516. The van der Waals surface area contributed by atoms with Gasteiger partial charge >= 0.3 is 11.9 Å². The molecule has 0 bridgehead atoms. The number of allylic oxidation sites excluding steroid dienone is 38. The molecule has 0 fully saturated rings. The fourth-order valence-electron chi connectivity index (χ4n) is 9.44. The molecule has 0 N–H and O–H groups in total. The van der Waals surface area contributed by atoms with Crippen LogP contribution in [0.1, 0.15) is 258 Å². The van der Waals surface area contributed by atoms with Gasteiger partial charge in [-0.15, -0.1) is 0 Å².